The average molecular weight is 561 g/mol. The van der Waals surface area contributed by atoms with Crippen molar-refractivity contribution in [3.8, 4) is 11.5 Å². The van der Waals surface area contributed by atoms with Crippen LogP contribution in [0, 0.1) is 0 Å². The van der Waals surface area contributed by atoms with Gasteiger partial charge in [-0.1, -0.05) is 30.3 Å². The van der Waals surface area contributed by atoms with Crippen LogP contribution in [0.4, 0.5) is 11.4 Å². The Bertz CT molecular complexity index is 1580. The Morgan fingerprint density at radius 2 is 1.60 bits per heavy atom. The van der Waals surface area contributed by atoms with Crippen LogP contribution in [0.15, 0.2) is 102 Å². The van der Waals surface area contributed by atoms with E-state index in [4.69, 9.17) is 9.47 Å². The molecule has 0 radical (unpaired) electrons. The van der Waals surface area contributed by atoms with Crippen LogP contribution < -0.4 is 24.4 Å². The number of aromatic nitrogens is 1. The number of benzene rings is 3. The molecule has 3 aromatic carbocycles. The molecule has 0 aliphatic heterocycles. The maximum Gasteiger partial charge on any atom is 0.264 e. The third kappa shape index (κ3) is 6.56. The first-order chi connectivity index (χ1) is 19.3. The zero-order valence-electron chi connectivity index (χ0n) is 21.9. The Morgan fingerprint density at radius 1 is 0.875 bits per heavy atom. The Morgan fingerprint density at radius 3 is 2.30 bits per heavy atom. The standard InChI is InChI=1S/C29H28N4O6S/c1-38-22-13-15-23(16-14-22)40(36,37)33(26-11-5-6-12-27(26)39-2)20-28(34)32-25-10-4-3-9-24(25)29(35)31-19-21-8-7-17-30-18-21/h3-18H,19-20H2,1-2H3,(H,31,35)(H,32,34). The summed E-state index contributed by atoms with van der Waals surface area (Å²) in [6.45, 7) is -0.336. The molecule has 0 spiro atoms. The second-order valence-corrected chi connectivity index (χ2v) is 10.4. The van der Waals surface area contributed by atoms with E-state index in [2.05, 4.69) is 15.6 Å². The average Bonchev–Trinajstić information content (AvgIpc) is 2.99. The van der Waals surface area contributed by atoms with E-state index < -0.39 is 28.4 Å². The highest BCUT2D eigenvalue weighted by Gasteiger charge is 2.30. The number of carbonyl (C=O) groups is 2. The quantitative estimate of drug-likeness (QED) is 0.285. The maximum absolute atomic E-state index is 13.8. The van der Waals surface area contributed by atoms with Gasteiger partial charge in [-0.3, -0.25) is 18.9 Å². The number of anilines is 2. The number of nitrogens with one attached hydrogen (secondary N) is 2. The molecule has 206 valence electrons. The van der Waals surface area contributed by atoms with E-state index in [-0.39, 0.29) is 34.1 Å². The summed E-state index contributed by atoms with van der Waals surface area (Å²) in [7, 11) is -1.32. The number of amides is 2. The summed E-state index contributed by atoms with van der Waals surface area (Å²) in [4.78, 5) is 30.2. The smallest absolute Gasteiger partial charge is 0.264 e. The number of ether oxygens (including phenoxy) is 2. The molecule has 0 saturated carbocycles. The molecule has 0 atom stereocenters. The van der Waals surface area contributed by atoms with Gasteiger partial charge in [0.25, 0.3) is 15.9 Å². The predicted molar refractivity (Wildman–Crippen MR) is 151 cm³/mol. The molecule has 11 heteroatoms. The lowest BCUT2D eigenvalue weighted by Crippen LogP contribution is -2.38. The molecule has 1 aromatic heterocycles. The van der Waals surface area contributed by atoms with Crippen molar-refractivity contribution >= 4 is 33.2 Å². The van der Waals surface area contributed by atoms with Crippen LogP contribution in [-0.4, -0.2) is 46.0 Å². The lowest BCUT2D eigenvalue weighted by molar-refractivity contribution is -0.114. The number of pyridine rings is 1. The highest BCUT2D eigenvalue weighted by atomic mass is 32.2. The normalized spacial score (nSPS) is 10.8. The molecule has 1 heterocycles. The van der Waals surface area contributed by atoms with Crippen molar-refractivity contribution < 1.29 is 27.5 Å². The molecule has 10 nitrogen and oxygen atoms in total. The first kappa shape index (κ1) is 28.1. The van der Waals surface area contributed by atoms with Crippen LogP contribution in [0.1, 0.15) is 15.9 Å². The van der Waals surface area contributed by atoms with Crippen molar-refractivity contribution in [2.45, 2.75) is 11.4 Å². The predicted octanol–water partition coefficient (Wildman–Crippen LogP) is 3.86. The lowest BCUT2D eigenvalue weighted by Gasteiger charge is -2.26. The van der Waals surface area contributed by atoms with Gasteiger partial charge in [0.05, 0.1) is 36.1 Å². The molecule has 0 aliphatic carbocycles. The Kier molecular flexibility index (Phi) is 8.97. The van der Waals surface area contributed by atoms with E-state index in [9.17, 15) is 18.0 Å². The fourth-order valence-corrected chi connectivity index (χ4v) is 5.33. The molecule has 2 amide bonds. The molecule has 2 N–H and O–H groups in total. The number of hydrogen-bond acceptors (Lipinski definition) is 7. The molecule has 4 rings (SSSR count). The van der Waals surface area contributed by atoms with Crippen LogP contribution in [0.25, 0.3) is 0 Å². The van der Waals surface area contributed by atoms with Gasteiger partial charge in [-0.2, -0.15) is 0 Å². The first-order valence-electron chi connectivity index (χ1n) is 12.2. The number of carbonyl (C=O) groups excluding carboxylic acids is 2. The summed E-state index contributed by atoms with van der Waals surface area (Å²) in [5.74, 6) is -0.316. The summed E-state index contributed by atoms with van der Waals surface area (Å²) >= 11 is 0. The molecule has 40 heavy (non-hydrogen) atoms. The summed E-state index contributed by atoms with van der Waals surface area (Å²) in [6, 6.07) is 22.4. The number of hydrogen-bond donors (Lipinski definition) is 2. The third-order valence-electron chi connectivity index (χ3n) is 5.91. The van der Waals surface area contributed by atoms with Crippen LogP contribution in [0.2, 0.25) is 0 Å². The van der Waals surface area contributed by atoms with Gasteiger partial charge in [0.1, 0.15) is 18.0 Å². The lowest BCUT2D eigenvalue weighted by atomic mass is 10.1. The van der Waals surface area contributed by atoms with E-state index in [1.165, 1.54) is 38.5 Å². The van der Waals surface area contributed by atoms with Gasteiger partial charge in [-0.25, -0.2) is 8.42 Å². The minimum atomic E-state index is -4.21. The molecule has 0 bridgehead atoms. The van der Waals surface area contributed by atoms with Crippen molar-refractivity contribution in [1.82, 2.24) is 10.3 Å². The summed E-state index contributed by atoms with van der Waals surface area (Å²) in [5.41, 5.74) is 1.45. The Balaban J connectivity index is 1.60. The minimum Gasteiger partial charge on any atom is -0.497 e. The van der Waals surface area contributed by atoms with Gasteiger partial charge >= 0.3 is 0 Å². The van der Waals surface area contributed by atoms with Gasteiger partial charge in [0.2, 0.25) is 5.91 Å². The van der Waals surface area contributed by atoms with Gasteiger partial charge in [0, 0.05) is 18.9 Å². The maximum atomic E-state index is 13.8. The van der Waals surface area contributed by atoms with Gasteiger partial charge < -0.3 is 20.1 Å². The van der Waals surface area contributed by atoms with Gasteiger partial charge in [0.15, 0.2) is 0 Å². The highest BCUT2D eigenvalue weighted by molar-refractivity contribution is 7.92. The largest absolute Gasteiger partial charge is 0.497 e. The van der Waals surface area contributed by atoms with Crippen molar-refractivity contribution in [3.05, 3.63) is 108 Å². The Hall–Kier alpha value is -4.90. The molecule has 0 aliphatic rings. The van der Waals surface area contributed by atoms with E-state index in [1.807, 2.05) is 6.07 Å². The molecule has 0 unspecified atom stereocenters. The van der Waals surface area contributed by atoms with Crippen LogP contribution in [0.3, 0.4) is 0 Å². The summed E-state index contributed by atoms with van der Waals surface area (Å²) in [6.07, 6.45) is 3.28. The second-order valence-electron chi connectivity index (χ2n) is 8.50. The fraction of sp³-hybridized carbons (Fsp3) is 0.138. The van der Waals surface area contributed by atoms with Crippen molar-refractivity contribution in [1.29, 1.82) is 0 Å². The van der Waals surface area contributed by atoms with Crippen molar-refractivity contribution in [3.63, 3.8) is 0 Å². The molecular weight excluding hydrogens is 532 g/mol. The number of rotatable bonds is 11. The van der Waals surface area contributed by atoms with E-state index in [1.54, 1.807) is 67.0 Å². The Labute approximate surface area is 232 Å². The third-order valence-corrected chi connectivity index (χ3v) is 7.68. The summed E-state index contributed by atoms with van der Waals surface area (Å²) in [5, 5.41) is 5.49. The van der Waals surface area contributed by atoms with E-state index in [0.29, 0.717) is 5.75 Å². The molecule has 4 aromatic rings. The van der Waals surface area contributed by atoms with E-state index in [0.717, 1.165) is 9.87 Å². The molecule has 0 saturated heterocycles. The van der Waals surface area contributed by atoms with Gasteiger partial charge in [-0.15, -0.1) is 0 Å². The van der Waals surface area contributed by atoms with E-state index >= 15 is 0 Å². The topological polar surface area (TPSA) is 127 Å². The number of para-hydroxylation sites is 3. The fourth-order valence-electron chi connectivity index (χ4n) is 3.90. The SMILES string of the molecule is COc1ccc(S(=O)(=O)N(CC(=O)Nc2ccccc2C(=O)NCc2cccnc2)c2ccccc2OC)cc1. The first-order valence-corrected chi connectivity index (χ1v) is 13.6. The van der Waals surface area contributed by atoms with Gasteiger partial charge in [-0.05, 0) is 60.2 Å². The van der Waals surface area contributed by atoms with Crippen molar-refractivity contribution in [2.24, 2.45) is 0 Å². The van der Waals surface area contributed by atoms with Crippen LogP contribution >= 0.6 is 0 Å². The molecule has 0 fully saturated rings. The van der Waals surface area contributed by atoms with Crippen LogP contribution in [-0.2, 0) is 21.4 Å². The monoisotopic (exact) mass is 560 g/mol. The van der Waals surface area contributed by atoms with Crippen LogP contribution in [0.5, 0.6) is 11.5 Å². The second kappa shape index (κ2) is 12.8. The number of sulfonamides is 1. The molecular formula is C29H28N4O6S. The number of nitrogens with zero attached hydrogens (tertiary/aromatic N) is 2. The highest BCUT2D eigenvalue weighted by Crippen LogP contribution is 2.32. The van der Waals surface area contributed by atoms with Crippen molar-refractivity contribution in [2.75, 3.05) is 30.4 Å². The zero-order chi connectivity index (χ0) is 28.5. The zero-order valence-corrected chi connectivity index (χ0v) is 22.7. The number of methoxy groups -OCH3 is 2. The summed E-state index contributed by atoms with van der Waals surface area (Å²) < 4.78 is 39.0. The minimum absolute atomic E-state index is 0.0396.